The molecule has 0 aliphatic carbocycles. The molecule has 0 aliphatic rings. The number of aromatic nitrogens is 1. The van der Waals surface area contributed by atoms with E-state index < -0.39 is 0 Å². The van der Waals surface area contributed by atoms with Crippen LogP contribution in [0.25, 0.3) is 0 Å². The van der Waals surface area contributed by atoms with Crippen molar-refractivity contribution in [2.45, 2.75) is 32.6 Å². The maximum atomic E-state index is 5.30. The molecular formula is C10H18N2O. The maximum absolute atomic E-state index is 5.30. The van der Waals surface area contributed by atoms with Gasteiger partial charge in [-0.05, 0) is 32.9 Å². The predicted octanol–water partition coefficient (Wildman–Crippen LogP) is 1.78. The van der Waals surface area contributed by atoms with Gasteiger partial charge in [0.2, 0.25) is 0 Å². The summed E-state index contributed by atoms with van der Waals surface area (Å²) in [5.74, 6) is 0.877. The van der Waals surface area contributed by atoms with Gasteiger partial charge in [-0.15, -0.1) is 0 Å². The number of hydrogen-bond acceptors (Lipinski definition) is 3. The molecule has 0 fully saturated rings. The average Bonchev–Trinajstić information content (AvgIpc) is 2.54. The van der Waals surface area contributed by atoms with Gasteiger partial charge in [0.05, 0.1) is 5.69 Å². The van der Waals surface area contributed by atoms with Crippen LogP contribution < -0.4 is 5.32 Å². The van der Waals surface area contributed by atoms with Crippen LogP contribution in [-0.2, 0) is 12.8 Å². The van der Waals surface area contributed by atoms with Crippen LogP contribution in [0.15, 0.2) is 10.7 Å². The molecule has 13 heavy (non-hydrogen) atoms. The maximum Gasteiger partial charge on any atom is 0.194 e. The fraction of sp³-hybridized carbons (Fsp3) is 0.700. The highest BCUT2D eigenvalue weighted by molar-refractivity contribution is 4.96. The Hall–Kier alpha value is -0.830. The van der Waals surface area contributed by atoms with E-state index >= 15 is 0 Å². The van der Waals surface area contributed by atoms with Crippen LogP contribution in [0, 0.1) is 0 Å². The summed E-state index contributed by atoms with van der Waals surface area (Å²) in [6.45, 7) is 3.17. The van der Waals surface area contributed by atoms with E-state index in [2.05, 4.69) is 17.2 Å². The van der Waals surface area contributed by atoms with Gasteiger partial charge in [0.1, 0.15) is 6.26 Å². The van der Waals surface area contributed by atoms with Crippen LogP contribution in [-0.4, -0.2) is 18.6 Å². The molecule has 0 spiro atoms. The van der Waals surface area contributed by atoms with Crippen LogP contribution in [0.2, 0.25) is 0 Å². The van der Waals surface area contributed by atoms with E-state index in [1.54, 1.807) is 6.26 Å². The minimum Gasteiger partial charge on any atom is -0.449 e. The molecule has 0 atom stereocenters. The monoisotopic (exact) mass is 182 g/mol. The molecule has 1 heterocycles. The highest BCUT2D eigenvalue weighted by Gasteiger charge is 2.01. The van der Waals surface area contributed by atoms with Crippen LogP contribution in [0.5, 0.6) is 0 Å². The second kappa shape index (κ2) is 5.75. The fourth-order valence-electron chi connectivity index (χ4n) is 1.24. The van der Waals surface area contributed by atoms with Crippen LogP contribution in [0.1, 0.15) is 31.4 Å². The van der Waals surface area contributed by atoms with Gasteiger partial charge in [-0.25, -0.2) is 4.98 Å². The molecule has 0 bridgehead atoms. The molecule has 74 valence electrons. The lowest BCUT2D eigenvalue weighted by Crippen LogP contribution is -2.08. The molecule has 0 amide bonds. The minimum atomic E-state index is 0.877. The first kappa shape index (κ1) is 10.3. The zero-order valence-electron chi connectivity index (χ0n) is 8.47. The summed E-state index contributed by atoms with van der Waals surface area (Å²) in [5.41, 5.74) is 1.08. The summed E-state index contributed by atoms with van der Waals surface area (Å²) in [7, 11) is 1.96. The summed E-state index contributed by atoms with van der Waals surface area (Å²) in [6.07, 6.45) is 5.95. The molecule has 0 saturated heterocycles. The molecule has 1 aromatic heterocycles. The Balaban J connectivity index is 2.31. The lowest BCUT2D eigenvalue weighted by atomic mass is 10.2. The average molecular weight is 182 g/mol. The third-order valence-electron chi connectivity index (χ3n) is 1.92. The Morgan fingerprint density at radius 1 is 1.46 bits per heavy atom. The lowest BCUT2D eigenvalue weighted by molar-refractivity contribution is 0.491. The molecule has 1 aromatic rings. The molecule has 0 saturated carbocycles. The second-order valence-electron chi connectivity index (χ2n) is 3.19. The molecule has 0 unspecified atom stereocenters. The number of oxazole rings is 1. The molecule has 1 N–H and O–H groups in total. The van der Waals surface area contributed by atoms with Gasteiger partial charge in [0, 0.05) is 6.42 Å². The first-order valence-corrected chi connectivity index (χ1v) is 4.94. The Morgan fingerprint density at radius 2 is 2.31 bits per heavy atom. The number of nitrogens with one attached hydrogen (secondary N) is 1. The number of rotatable bonds is 6. The van der Waals surface area contributed by atoms with Crippen LogP contribution >= 0.6 is 0 Å². The Labute approximate surface area is 79.5 Å². The summed E-state index contributed by atoms with van der Waals surface area (Å²) in [4.78, 5) is 4.38. The molecular weight excluding hydrogens is 164 g/mol. The van der Waals surface area contributed by atoms with E-state index in [4.69, 9.17) is 4.42 Å². The van der Waals surface area contributed by atoms with Crippen LogP contribution in [0.4, 0.5) is 0 Å². The van der Waals surface area contributed by atoms with E-state index in [1.165, 1.54) is 0 Å². The molecule has 0 aromatic carbocycles. The quantitative estimate of drug-likeness (QED) is 0.681. The summed E-state index contributed by atoms with van der Waals surface area (Å²) in [6, 6.07) is 0. The highest BCUT2D eigenvalue weighted by atomic mass is 16.3. The lowest BCUT2D eigenvalue weighted by Gasteiger charge is -1.94. The largest absolute Gasteiger partial charge is 0.449 e. The van der Waals surface area contributed by atoms with E-state index in [0.29, 0.717) is 0 Å². The van der Waals surface area contributed by atoms with Gasteiger partial charge in [0.15, 0.2) is 5.89 Å². The minimum absolute atomic E-state index is 0.877. The van der Waals surface area contributed by atoms with Crippen molar-refractivity contribution in [2.75, 3.05) is 13.6 Å². The summed E-state index contributed by atoms with van der Waals surface area (Å²) >= 11 is 0. The van der Waals surface area contributed by atoms with Gasteiger partial charge in [-0.1, -0.05) is 6.92 Å². The molecule has 1 rings (SSSR count). The van der Waals surface area contributed by atoms with Gasteiger partial charge < -0.3 is 9.73 Å². The van der Waals surface area contributed by atoms with Crippen molar-refractivity contribution >= 4 is 0 Å². The zero-order chi connectivity index (χ0) is 9.52. The summed E-state index contributed by atoms with van der Waals surface area (Å²) in [5, 5.41) is 3.11. The third kappa shape index (κ3) is 3.59. The Bertz CT molecular complexity index is 233. The highest BCUT2D eigenvalue weighted by Crippen LogP contribution is 2.06. The second-order valence-corrected chi connectivity index (χ2v) is 3.19. The molecule has 3 nitrogen and oxygen atoms in total. The topological polar surface area (TPSA) is 38.1 Å². The molecule has 0 radical (unpaired) electrons. The third-order valence-corrected chi connectivity index (χ3v) is 1.92. The van der Waals surface area contributed by atoms with Gasteiger partial charge in [-0.3, -0.25) is 0 Å². The number of nitrogens with zero attached hydrogens (tertiary/aromatic N) is 1. The van der Waals surface area contributed by atoms with Crippen molar-refractivity contribution in [3.05, 3.63) is 17.8 Å². The first-order valence-electron chi connectivity index (χ1n) is 4.94. The van der Waals surface area contributed by atoms with Crippen molar-refractivity contribution in [3.8, 4) is 0 Å². The Morgan fingerprint density at radius 3 is 3.00 bits per heavy atom. The normalized spacial score (nSPS) is 10.6. The predicted molar refractivity (Wildman–Crippen MR) is 52.7 cm³/mol. The molecule has 0 aliphatic heterocycles. The van der Waals surface area contributed by atoms with Crippen molar-refractivity contribution < 1.29 is 4.42 Å². The van der Waals surface area contributed by atoms with Crippen molar-refractivity contribution in [3.63, 3.8) is 0 Å². The Kier molecular flexibility index (Phi) is 4.54. The molecule has 3 heteroatoms. The number of hydrogen-bond donors (Lipinski definition) is 1. The first-order chi connectivity index (χ1) is 6.36. The SMILES string of the molecule is CCCc1nc(CCCNC)co1. The van der Waals surface area contributed by atoms with Gasteiger partial charge in [0.25, 0.3) is 0 Å². The number of aryl methyl sites for hydroxylation is 2. The summed E-state index contributed by atoms with van der Waals surface area (Å²) < 4.78 is 5.30. The van der Waals surface area contributed by atoms with Crippen LogP contribution in [0.3, 0.4) is 0 Å². The van der Waals surface area contributed by atoms with E-state index in [1.807, 2.05) is 7.05 Å². The van der Waals surface area contributed by atoms with E-state index in [-0.39, 0.29) is 0 Å². The van der Waals surface area contributed by atoms with Crippen molar-refractivity contribution in [1.29, 1.82) is 0 Å². The van der Waals surface area contributed by atoms with E-state index in [0.717, 1.165) is 43.8 Å². The standard InChI is InChI=1S/C10H18N2O/c1-3-5-10-12-9(8-13-10)6-4-7-11-2/h8,11H,3-7H2,1-2H3. The van der Waals surface area contributed by atoms with Crippen molar-refractivity contribution in [2.24, 2.45) is 0 Å². The zero-order valence-corrected chi connectivity index (χ0v) is 8.47. The van der Waals surface area contributed by atoms with Gasteiger partial charge in [-0.2, -0.15) is 0 Å². The fourth-order valence-corrected chi connectivity index (χ4v) is 1.24. The van der Waals surface area contributed by atoms with Crippen molar-refractivity contribution in [1.82, 2.24) is 10.3 Å². The smallest absolute Gasteiger partial charge is 0.194 e. The van der Waals surface area contributed by atoms with E-state index in [9.17, 15) is 0 Å². The van der Waals surface area contributed by atoms with Gasteiger partial charge >= 0.3 is 0 Å².